The zero-order valence-corrected chi connectivity index (χ0v) is 15.2. The van der Waals surface area contributed by atoms with Crippen LogP contribution in [0.2, 0.25) is 0 Å². The minimum absolute atomic E-state index is 0.315. The van der Waals surface area contributed by atoms with E-state index in [1.807, 2.05) is 12.1 Å². The summed E-state index contributed by atoms with van der Waals surface area (Å²) in [4.78, 5) is 3.90. The van der Waals surface area contributed by atoms with Crippen LogP contribution in [0.15, 0.2) is 58.0 Å². The lowest BCUT2D eigenvalue weighted by atomic mass is 10.2. The van der Waals surface area contributed by atoms with Gasteiger partial charge in [-0.15, -0.1) is 0 Å². The van der Waals surface area contributed by atoms with Crippen molar-refractivity contribution in [2.75, 3.05) is 10.8 Å². The number of halogens is 1. The molecule has 0 unspecified atom stereocenters. The number of para-hydroxylation sites is 1. The van der Waals surface area contributed by atoms with Crippen molar-refractivity contribution in [3.63, 3.8) is 0 Å². The molecule has 138 valence electrons. The van der Waals surface area contributed by atoms with Crippen molar-refractivity contribution in [3.8, 4) is 11.3 Å². The Bertz CT molecular complexity index is 1140. The smallest absolute Gasteiger partial charge is 0.267 e. The van der Waals surface area contributed by atoms with Gasteiger partial charge < -0.3 is 4.42 Å². The van der Waals surface area contributed by atoms with E-state index in [0.717, 1.165) is 18.4 Å². The second-order valence-electron chi connectivity index (χ2n) is 6.94. The minimum atomic E-state index is -3.97. The van der Waals surface area contributed by atoms with Gasteiger partial charge in [0.2, 0.25) is 0 Å². The van der Waals surface area contributed by atoms with Crippen LogP contribution in [-0.2, 0) is 16.4 Å². The maximum absolute atomic E-state index is 14.8. The molecular formula is C20H17FN2O3S. The monoisotopic (exact) mass is 384 g/mol. The Morgan fingerprint density at radius 3 is 2.74 bits per heavy atom. The molecule has 7 heteroatoms. The molecular weight excluding hydrogens is 367 g/mol. The van der Waals surface area contributed by atoms with Crippen molar-refractivity contribution >= 4 is 15.7 Å². The highest BCUT2D eigenvalue weighted by molar-refractivity contribution is 7.92. The number of hydrogen-bond acceptors (Lipinski definition) is 4. The van der Waals surface area contributed by atoms with E-state index in [2.05, 4.69) is 4.98 Å². The summed E-state index contributed by atoms with van der Waals surface area (Å²) in [7, 11) is -3.97. The summed E-state index contributed by atoms with van der Waals surface area (Å²) in [5.41, 5.74) is 2.05. The van der Waals surface area contributed by atoms with Gasteiger partial charge in [0.1, 0.15) is 10.7 Å². The van der Waals surface area contributed by atoms with Gasteiger partial charge in [0, 0.05) is 18.0 Å². The lowest BCUT2D eigenvalue weighted by Crippen LogP contribution is -2.29. The number of aromatic nitrogens is 1. The Kier molecular flexibility index (Phi) is 3.62. The van der Waals surface area contributed by atoms with Crippen LogP contribution in [0.1, 0.15) is 30.2 Å². The highest BCUT2D eigenvalue weighted by Gasteiger charge is 2.33. The van der Waals surface area contributed by atoms with Gasteiger partial charge in [-0.05, 0) is 49.1 Å². The van der Waals surface area contributed by atoms with Gasteiger partial charge in [0.05, 0.1) is 11.9 Å². The van der Waals surface area contributed by atoms with Crippen LogP contribution in [0.25, 0.3) is 11.3 Å². The van der Waals surface area contributed by atoms with Gasteiger partial charge in [-0.1, -0.05) is 18.2 Å². The van der Waals surface area contributed by atoms with Crippen molar-refractivity contribution in [1.29, 1.82) is 0 Å². The number of rotatable bonds is 4. The van der Waals surface area contributed by atoms with E-state index < -0.39 is 15.8 Å². The average molecular weight is 384 g/mol. The molecule has 3 aromatic rings. The number of fused-ring (bicyclic) bond motifs is 1. The number of benzene rings is 2. The number of sulfonamides is 1. The average Bonchev–Trinajstić information content (AvgIpc) is 3.22. The van der Waals surface area contributed by atoms with E-state index >= 15 is 0 Å². The zero-order valence-electron chi connectivity index (χ0n) is 14.4. The van der Waals surface area contributed by atoms with Gasteiger partial charge in [0.25, 0.3) is 10.0 Å². The van der Waals surface area contributed by atoms with Crippen molar-refractivity contribution < 1.29 is 17.2 Å². The third kappa shape index (κ3) is 2.73. The molecule has 2 heterocycles. The van der Waals surface area contributed by atoms with E-state index in [4.69, 9.17) is 4.42 Å². The quantitative estimate of drug-likeness (QED) is 0.679. The molecule has 0 atom stereocenters. The van der Waals surface area contributed by atoms with Crippen LogP contribution in [0.3, 0.4) is 0 Å². The first kappa shape index (κ1) is 16.5. The van der Waals surface area contributed by atoms with Crippen molar-refractivity contribution in [3.05, 3.63) is 65.9 Å². The fourth-order valence-electron chi connectivity index (χ4n) is 3.48. The fourth-order valence-corrected chi connectivity index (χ4v) is 5.03. The van der Waals surface area contributed by atoms with Crippen molar-refractivity contribution in [1.82, 2.24) is 4.98 Å². The molecule has 0 radical (unpaired) electrons. The molecule has 1 aliphatic carbocycles. The summed E-state index contributed by atoms with van der Waals surface area (Å²) in [6.07, 6.45) is 4.30. The SMILES string of the molecule is O=S(=O)(c1ccc(-c2cnc(C3CC3)o2)cc1F)N1CCc2ccccc21. The van der Waals surface area contributed by atoms with Gasteiger partial charge in [0.15, 0.2) is 11.7 Å². The van der Waals surface area contributed by atoms with Crippen molar-refractivity contribution in [2.24, 2.45) is 0 Å². The van der Waals surface area contributed by atoms with Crippen LogP contribution >= 0.6 is 0 Å². The number of nitrogens with zero attached hydrogens (tertiary/aromatic N) is 2. The maximum atomic E-state index is 14.8. The topological polar surface area (TPSA) is 63.4 Å². The number of oxazole rings is 1. The van der Waals surface area contributed by atoms with Crippen LogP contribution in [0.4, 0.5) is 10.1 Å². The summed E-state index contributed by atoms with van der Waals surface area (Å²) < 4.78 is 47.8. The molecule has 5 nitrogen and oxygen atoms in total. The van der Waals surface area contributed by atoms with Crippen molar-refractivity contribution in [2.45, 2.75) is 30.1 Å². The Morgan fingerprint density at radius 2 is 1.96 bits per heavy atom. The second kappa shape index (κ2) is 5.92. The summed E-state index contributed by atoms with van der Waals surface area (Å²) in [5.74, 6) is 0.682. The largest absolute Gasteiger partial charge is 0.440 e. The summed E-state index contributed by atoms with van der Waals surface area (Å²) in [6, 6.07) is 11.4. The first-order valence-electron chi connectivity index (χ1n) is 8.90. The van der Waals surface area contributed by atoms with Gasteiger partial charge in [-0.2, -0.15) is 0 Å². The molecule has 2 aromatic carbocycles. The molecule has 0 amide bonds. The number of anilines is 1. The zero-order chi connectivity index (χ0) is 18.6. The Labute approximate surface area is 156 Å². The van der Waals surface area contributed by atoms with E-state index in [1.165, 1.54) is 16.4 Å². The van der Waals surface area contributed by atoms with E-state index in [1.54, 1.807) is 24.4 Å². The second-order valence-corrected chi connectivity index (χ2v) is 8.77. The molecule has 0 bridgehead atoms. The first-order valence-corrected chi connectivity index (χ1v) is 10.3. The van der Waals surface area contributed by atoms with E-state index in [-0.39, 0.29) is 4.90 Å². The summed E-state index contributed by atoms with van der Waals surface area (Å²) in [5, 5.41) is 0. The normalized spacial score (nSPS) is 16.6. The Hall–Kier alpha value is -2.67. The van der Waals surface area contributed by atoms with Gasteiger partial charge >= 0.3 is 0 Å². The third-order valence-corrected chi connectivity index (χ3v) is 6.93. The van der Waals surface area contributed by atoms with Crippen LogP contribution < -0.4 is 4.31 Å². The molecule has 27 heavy (non-hydrogen) atoms. The highest BCUT2D eigenvalue weighted by Crippen LogP contribution is 2.41. The van der Waals surface area contributed by atoms with Crippen LogP contribution in [-0.4, -0.2) is 19.9 Å². The third-order valence-electron chi connectivity index (χ3n) is 5.08. The lowest BCUT2D eigenvalue weighted by Gasteiger charge is -2.20. The molecule has 5 rings (SSSR count). The lowest BCUT2D eigenvalue weighted by molar-refractivity contribution is 0.508. The number of hydrogen-bond donors (Lipinski definition) is 0. The van der Waals surface area contributed by atoms with E-state index in [9.17, 15) is 12.8 Å². The molecule has 0 saturated heterocycles. The predicted molar refractivity (Wildman–Crippen MR) is 98.5 cm³/mol. The molecule has 2 aliphatic rings. The summed E-state index contributed by atoms with van der Waals surface area (Å²) >= 11 is 0. The molecule has 1 fully saturated rings. The maximum Gasteiger partial charge on any atom is 0.267 e. The van der Waals surface area contributed by atoms with Gasteiger partial charge in [-0.3, -0.25) is 4.31 Å². The first-order chi connectivity index (χ1) is 13.0. The van der Waals surface area contributed by atoms with Gasteiger partial charge in [-0.25, -0.2) is 17.8 Å². The fraction of sp³-hybridized carbons (Fsp3) is 0.250. The standard InChI is InChI=1S/C20H17FN2O3S/c21-16-11-15(18-12-22-20(26-18)14-5-6-14)7-8-19(16)27(24,25)23-10-9-13-3-1-2-4-17(13)23/h1-4,7-8,11-12,14H,5-6,9-10H2. The molecule has 1 saturated carbocycles. The Morgan fingerprint density at radius 1 is 1.15 bits per heavy atom. The summed E-state index contributed by atoms with van der Waals surface area (Å²) in [6.45, 7) is 0.315. The van der Waals surface area contributed by atoms with E-state index in [0.29, 0.717) is 41.8 Å². The predicted octanol–water partition coefficient (Wildman–Crippen LogP) is 4.11. The molecule has 1 aromatic heterocycles. The highest BCUT2D eigenvalue weighted by atomic mass is 32.2. The van der Waals surface area contributed by atoms with Crippen LogP contribution in [0, 0.1) is 5.82 Å². The Balaban J connectivity index is 1.50. The van der Waals surface area contributed by atoms with Crippen LogP contribution in [0.5, 0.6) is 0 Å². The molecule has 1 aliphatic heterocycles. The molecule has 0 N–H and O–H groups in total. The molecule has 0 spiro atoms. The minimum Gasteiger partial charge on any atom is -0.440 e.